The number of hydrogen-bond acceptors (Lipinski definition) is 16. The lowest BCUT2D eigenvalue weighted by Gasteiger charge is -2.26. The van der Waals surface area contributed by atoms with Gasteiger partial charge in [0.2, 0.25) is 0 Å². The highest BCUT2D eigenvalue weighted by Crippen LogP contribution is 2.41. The molecule has 16 nitrogen and oxygen atoms in total. The van der Waals surface area contributed by atoms with Gasteiger partial charge in [0.25, 0.3) is 0 Å². The summed E-state index contributed by atoms with van der Waals surface area (Å²) in [6, 6.07) is 120. The van der Waals surface area contributed by atoms with Crippen LogP contribution >= 0.6 is 0 Å². The Hall–Kier alpha value is -15.1. The molecule has 19 rings (SSSR count). The molecule has 0 radical (unpaired) electrons. The number of carbonyl (C=O) groups excluding carboxylic acids is 2. The summed E-state index contributed by atoms with van der Waals surface area (Å²) in [7, 11) is 5.26. The highest BCUT2D eigenvalue weighted by Gasteiger charge is 2.25. The molecular formula is C129H135N5O11. The van der Waals surface area contributed by atoms with Gasteiger partial charge in [-0.25, -0.2) is 0 Å². The van der Waals surface area contributed by atoms with Crippen molar-refractivity contribution in [2.75, 3.05) is 47.5 Å². The van der Waals surface area contributed by atoms with E-state index in [-0.39, 0.29) is 11.9 Å². The van der Waals surface area contributed by atoms with Crippen molar-refractivity contribution in [3.05, 3.63) is 414 Å². The van der Waals surface area contributed by atoms with Crippen LogP contribution in [-0.2, 0) is 75.0 Å². The van der Waals surface area contributed by atoms with Gasteiger partial charge in [0.05, 0.1) is 21.3 Å². The number of methoxy groups -OCH3 is 3. The Bertz CT molecular complexity index is 7300. The van der Waals surface area contributed by atoms with Gasteiger partial charge in [-0.1, -0.05) is 357 Å². The number of nitrogens with zero attached hydrogens (tertiary/aromatic N) is 4. The number of unbranched alkanes of at least 4 members (excludes halogenated alkanes) is 4. The third-order valence-corrected chi connectivity index (χ3v) is 27.0. The van der Waals surface area contributed by atoms with Crippen LogP contribution in [0.4, 0.5) is 0 Å². The first-order chi connectivity index (χ1) is 70.9. The van der Waals surface area contributed by atoms with Crippen LogP contribution in [0.2, 0.25) is 0 Å². The van der Waals surface area contributed by atoms with Gasteiger partial charge in [-0.05, 0) is 209 Å². The average Bonchev–Trinajstić information content (AvgIpc) is 0.796. The SMILES string of the molecule is CCCCN(Cc1c(O)ccc2ccccc12)Cc1c(OC)ccc2ccccc12.CCCCN(Cc1c(OC(C)=O)ccc2ccccc12)Cc1c(OC(C)=O)ccc2ccccc12.CCCCN(Cc1c(OC)ccc2ccccc12)Cc1c(OC)ccc2ccccc12.CCCCNCc1c(O)ccc2ccccc12.Oc1ccc2ccccc2c1CN(Cc1ccccc1)Cc1c(O)ccc2ccccc12. The molecule has 145 heavy (non-hydrogen) atoms. The normalized spacial score (nSPS) is 11.3. The predicted octanol–water partition coefficient (Wildman–Crippen LogP) is 30.0. The van der Waals surface area contributed by atoms with Gasteiger partial charge in [0.15, 0.2) is 0 Å². The molecule has 0 heterocycles. The van der Waals surface area contributed by atoms with Crippen LogP contribution in [0.1, 0.15) is 149 Å². The lowest BCUT2D eigenvalue weighted by molar-refractivity contribution is -0.132. The summed E-state index contributed by atoms with van der Waals surface area (Å²) in [5.74, 6) is 4.63. The molecule has 0 saturated heterocycles. The van der Waals surface area contributed by atoms with E-state index in [4.69, 9.17) is 23.7 Å². The van der Waals surface area contributed by atoms with E-state index >= 15 is 0 Å². The van der Waals surface area contributed by atoms with Crippen LogP contribution in [0, 0.1) is 0 Å². The number of hydrogen-bond donors (Lipinski definition) is 5. The van der Waals surface area contributed by atoms with Gasteiger partial charge in [-0.2, -0.15) is 0 Å². The minimum absolute atomic E-state index is 0.295. The minimum atomic E-state index is -0.340. The lowest BCUT2D eigenvalue weighted by Crippen LogP contribution is -2.25. The number of ether oxygens (including phenoxy) is 5. The quantitative estimate of drug-likeness (QED) is 0.0141. The zero-order valence-corrected chi connectivity index (χ0v) is 85.1. The number of aromatic hydroxyl groups is 4. The second-order valence-electron chi connectivity index (χ2n) is 37.1. The zero-order chi connectivity index (χ0) is 101. The van der Waals surface area contributed by atoms with Crippen LogP contribution in [-0.4, -0.2) is 99.5 Å². The highest BCUT2D eigenvalue weighted by molar-refractivity contribution is 5.95. The van der Waals surface area contributed by atoms with Crippen LogP contribution < -0.4 is 29.0 Å². The van der Waals surface area contributed by atoms with E-state index in [9.17, 15) is 30.0 Å². The number of carbonyl (C=O) groups is 2. The van der Waals surface area contributed by atoms with E-state index in [1.807, 2.05) is 146 Å². The smallest absolute Gasteiger partial charge is 0.308 e. The van der Waals surface area contributed by atoms with Gasteiger partial charge in [0.1, 0.15) is 51.7 Å². The fraction of sp³-hybridized carbons (Fsp3) is 0.240. The van der Waals surface area contributed by atoms with Crippen LogP contribution in [0.3, 0.4) is 0 Å². The van der Waals surface area contributed by atoms with Crippen molar-refractivity contribution in [2.24, 2.45) is 0 Å². The number of benzene rings is 19. The molecule has 0 aliphatic rings. The van der Waals surface area contributed by atoms with Crippen LogP contribution in [0.25, 0.3) is 97.0 Å². The molecule has 0 aromatic heterocycles. The topological polar surface area (TPSA) is 186 Å². The van der Waals surface area contributed by atoms with Crippen molar-refractivity contribution in [1.29, 1.82) is 0 Å². The number of nitrogens with one attached hydrogen (secondary N) is 1. The van der Waals surface area contributed by atoms with Crippen molar-refractivity contribution in [1.82, 2.24) is 24.9 Å². The fourth-order valence-electron chi connectivity index (χ4n) is 19.6. The Morgan fingerprint density at radius 3 is 0.710 bits per heavy atom. The molecule has 0 amide bonds. The monoisotopic (exact) mass is 1930 g/mol. The molecule has 742 valence electrons. The average molecular weight is 1930 g/mol. The van der Waals surface area contributed by atoms with Crippen molar-refractivity contribution in [2.45, 2.75) is 158 Å². The Balaban J connectivity index is 0.000000138. The van der Waals surface area contributed by atoms with Crippen molar-refractivity contribution in [3.8, 4) is 51.7 Å². The van der Waals surface area contributed by atoms with E-state index in [2.05, 4.69) is 247 Å². The molecule has 0 bridgehead atoms. The first kappa shape index (κ1) is 104. The van der Waals surface area contributed by atoms with Gasteiger partial charge in [-0.3, -0.25) is 29.2 Å². The summed E-state index contributed by atoms with van der Waals surface area (Å²) in [5.41, 5.74) is 10.6. The molecule has 0 aliphatic carbocycles. The number of phenolic OH excluding ortho intramolecular Hbond substituents is 4. The Labute approximate surface area is 853 Å². The Morgan fingerprint density at radius 2 is 0.448 bits per heavy atom. The minimum Gasteiger partial charge on any atom is -0.508 e. The molecular weight excluding hydrogens is 1800 g/mol. The van der Waals surface area contributed by atoms with Gasteiger partial charge >= 0.3 is 11.9 Å². The summed E-state index contributed by atoms with van der Waals surface area (Å²) >= 11 is 0. The lowest BCUT2D eigenvalue weighted by atomic mass is 10.0. The summed E-state index contributed by atoms with van der Waals surface area (Å²) in [6.07, 6.45) is 8.98. The van der Waals surface area contributed by atoms with E-state index in [0.29, 0.717) is 73.8 Å². The molecule has 0 fully saturated rings. The van der Waals surface area contributed by atoms with Crippen molar-refractivity contribution < 1.29 is 53.7 Å². The highest BCUT2D eigenvalue weighted by atomic mass is 16.5. The molecule has 0 unspecified atom stereocenters. The first-order valence-electron chi connectivity index (χ1n) is 50.9. The van der Waals surface area contributed by atoms with Crippen molar-refractivity contribution >= 4 is 109 Å². The number of esters is 2. The van der Waals surface area contributed by atoms with Crippen LogP contribution in [0.5, 0.6) is 51.7 Å². The van der Waals surface area contributed by atoms with Gasteiger partial charge in [-0.15, -0.1) is 0 Å². The summed E-state index contributed by atoms with van der Waals surface area (Å²) in [5, 5.41) is 66.1. The maximum Gasteiger partial charge on any atom is 0.308 e. The second kappa shape index (κ2) is 52.2. The van der Waals surface area contributed by atoms with Gasteiger partial charge in [0, 0.05) is 129 Å². The number of phenols is 4. The third-order valence-electron chi connectivity index (χ3n) is 27.0. The summed E-state index contributed by atoms with van der Waals surface area (Å²) < 4.78 is 28.5. The molecule has 16 heteroatoms. The first-order valence-corrected chi connectivity index (χ1v) is 50.9. The predicted molar refractivity (Wildman–Crippen MR) is 598 cm³/mol. The van der Waals surface area contributed by atoms with Crippen molar-refractivity contribution in [3.63, 3.8) is 0 Å². The van der Waals surface area contributed by atoms with E-state index in [1.54, 1.807) is 39.5 Å². The molecule has 0 atom stereocenters. The number of rotatable bonds is 37. The zero-order valence-electron chi connectivity index (χ0n) is 85.1. The Morgan fingerprint density at radius 1 is 0.234 bits per heavy atom. The number of fused-ring (bicyclic) bond motifs is 9. The molecule has 19 aromatic carbocycles. The molecule has 0 aliphatic heterocycles. The maximum absolute atomic E-state index is 11.9. The summed E-state index contributed by atoms with van der Waals surface area (Å²) in [6.45, 7) is 22.3. The Kier molecular flexibility index (Phi) is 37.5. The van der Waals surface area contributed by atoms with Gasteiger partial charge < -0.3 is 49.4 Å². The van der Waals surface area contributed by atoms with Crippen LogP contribution in [0.15, 0.2) is 358 Å². The largest absolute Gasteiger partial charge is 0.508 e. The molecule has 0 saturated carbocycles. The third kappa shape index (κ3) is 27.1. The fourth-order valence-corrected chi connectivity index (χ4v) is 19.6. The molecule has 0 spiro atoms. The van der Waals surface area contributed by atoms with E-state index < -0.39 is 0 Å². The van der Waals surface area contributed by atoms with E-state index in [0.717, 1.165) is 201 Å². The molecule has 19 aromatic rings. The van der Waals surface area contributed by atoms with E-state index in [1.165, 1.54) is 86.6 Å². The maximum atomic E-state index is 11.9. The summed E-state index contributed by atoms with van der Waals surface area (Å²) in [4.78, 5) is 33.3. The second-order valence-corrected chi connectivity index (χ2v) is 37.1. The molecule has 5 N–H and O–H groups in total. The standard InChI is InChI=1S/C30H31NO4.C29H25NO2.C28H31NO2.C27H29NO2.C15H19NO/c1-4-5-18-31(19-27-25-12-8-6-10-23(25)14-16-29(27)34-21(2)32)20-28-26-13-9-7-11-24(26)15-17-30(28)35-22(3)33;31-28-16-14-22-10-4-6-12-24(22)26(28)19-30(18-21-8-2-1-3-9-21)20-27-25-13-7-5-11-23(25)15-17-29(27)32;1-4-5-18-29(19-25-23-12-8-6-10-21(23)14-16-27(25)30-2)20-26-24-13-9-7-11-22(24)15-17-28(26)31-3;1-3-4-17-28(18-24-22-11-7-5-9-20(22)13-15-26(24)29)19-25-23-12-8-6-10-21(23)14-16-27(25)30-2;1-2-3-10-16-11-14-13-7-5-4-6-12(13)8-9-15(14)17/h6-17H,4-5,18-20H2,1-3H3;1-17,31-32H,18-20H2;6-17H,4-5,18-20H2,1-3H3;5-16,29H,3-4,17-19H2,1-2H3;4-9,16-17H,2-3,10-11H2,1H3.